The molecule has 0 spiro atoms. The van der Waals surface area contributed by atoms with Gasteiger partial charge in [-0.15, -0.1) is 11.8 Å². The van der Waals surface area contributed by atoms with E-state index in [0.717, 1.165) is 28.7 Å². The lowest BCUT2D eigenvalue weighted by atomic mass is 9.91. The first-order chi connectivity index (χ1) is 12.4. The Labute approximate surface area is 162 Å². The summed E-state index contributed by atoms with van der Waals surface area (Å²) in [5, 5.41) is 31.3. The zero-order valence-electron chi connectivity index (χ0n) is 14.7. The van der Waals surface area contributed by atoms with Crippen LogP contribution in [0.3, 0.4) is 0 Å². The summed E-state index contributed by atoms with van der Waals surface area (Å²) < 4.78 is 5.86. The molecule has 0 bridgehead atoms. The van der Waals surface area contributed by atoms with Gasteiger partial charge in [-0.2, -0.15) is 0 Å². The van der Waals surface area contributed by atoms with Crippen molar-refractivity contribution in [3.63, 3.8) is 0 Å². The highest BCUT2D eigenvalue weighted by molar-refractivity contribution is 7.99. The van der Waals surface area contributed by atoms with E-state index in [2.05, 4.69) is 0 Å². The molecule has 0 aromatic heterocycles. The molecule has 1 fully saturated rings. The van der Waals surface area contributed by atoms with Gasteiger partial charge in [0.15, 0.2) is 0 Å². The zero-order chi connectivity index (χ0) is 18.8. The summed E-state index contributed by atoms with van der Waals surface area (Å²) in [7, 11) is 0. The first-order valence-electron chi connectivity index (χ1n) is 8.47. The fourth-order valence-corrected chi connectivity index (χ4v) is 4.00. The van der Waals surface area contributed by atoms with E-state index in [4.69, 9.17) is 16.3 Å². The molecule has 140 valence electrons. The van der Waals surface area contributed by atoms with Crippen molar-refractivity contribution in [2.24, 2.45) is 0 Å². The summed E-state index contributed by atoms with van der Waals surface area (Å²) in [5.74, 6) is 0. The molecular formula is C20H23ClO4S. The van der Waals surface area contributed by atoms with Crippen LogP contribution in [0, 0.1) is 6.92 Å². The normalized spacial score (nSPS) is 28.9. The summed E-state index contributed by atoms with van der Waals surface area (Å²) >= 11 is 7.26. The van der Waals surface area contributed by atoms with Crippen molar-refractivity contribution in [1.82, 2.24) is 0 Å². The number of ether oxygens (including phenoxy) is 1. The summed E-state index contributed by atoms with van der Waals surface area (Å²) in [6.07, 6.45) is -1.69. The maximum absolute atomic E-state index is 10.4. The molecule has 1 aliphatic rings. The monoisotopic (exact) mass is 394 g/mol. The van der Waals surface area contributed by atoms with E-state index >= 15 is 0 Å². The molecule has 1 heterocycles. The second-order valence-electron chi connectivity index (χ2n) is 6.62. The number of hydrogen-bond acceptors (Lipinski definition) is 5. The first kappa shape index (κ1) is 19.7. The molecule has 2 aromatic rings. The van der Waals surface area contributed by atoms with E-state index in [-0.39, 0.29) is 0 Å². The minimum Gasteiger partial charge on any atom is -0.387 e. The van der Waals surface area contributed by atoms with Gasteiger partial charge in [0.25, 0.3) is 0 Å². The van der Waals surface area contributed by atoms with Gasteiger partial charge in [-0.25, -0.2) is 0 Å². The van der Waals surface area contributed by atoms with Gasteiger partial charge >= 0.3 is 0 Å². The van der Waals surface area contributed by atoms with Crippen molar-refractivity contribution in [3.05, 3.63) is 69.7 Å². The van der Waals surface area contributed by atoms with Crippen LogP contribution in [0.15, 0.2) is 42.5 Å². The number of hydrogen-bond donors (Lipinski definition) is 3. The Morgan fingerprint density at radius 2 is 1.69 bits per heavy atom. The second kappa shape index (κ2) is 8.30. The summed E-state index contributed by atoms with van der Waals surface area (Å²) in [6, 6.07) is 13.6. The van der Waals surface area contributed by atoms with Crippen LogP contribution in [0.1, 0.15) is 28.4 Å². The molecule has 4 nitrogen and oxygen atoms in total. The predicted molar refractivity (Wildman–Crippen MR) is 105 cm³/mol. The van der Waals surface area contributed by atoms with Gasteiger partial charge in [-0.3, -0.25) is 0 Å². The van der Waals surface area contributed by atoms with Crippen LogP contribution in [-0.4, -0.2) is 45.3 Å². The molecule has 0 amide bonds. The van der Waals surface area contributed by atoms with Crippen LogP contribution < -0.4 is 0 Å². The third kappa shape index (κ3) is 4.09. The fraction of sp³-hybridized carbons (Fsp3) is 0.400. The molecule has 0 aliphatic carbocycles. The highest BCUT2D eigenvalue weighted by Gasteiger charge is 2.43. The summed E-state index contributed by atoms with van der Waals surface area (Å²) in [6.45, 7) is 2.04. The minimum absolute atomic E-state index is 0.584. The highest BCUT2D eigenvalue weighted by Crippen LogP contribution is 2.36. The second-order valence-corrected chi connectivity index (χ2v) is 7.99. The lowest BCUT2D eigenvalue weighted by Gasteiger charge is -2.40. The molecule has 0 saturated carbocycles. The molecule has 0 unspecified atom stereocenters. The predicted octanol–water partition coefficient (Wildman–Crippen LogP) is 3.08. The van der Waals surface area contributed by atoms with Gasteiger partial charge in [-0.1, -0.05) is 41.9 Å². The third-order valence-electron chi connectivity index (χ3n) is 4.81. The van der Waals surface area contributed by atoms with Crippen LogP contribution >= 0.6 is 23.4 Å². The topological polar surface area (TPSA) is 69.9 Å². The Morgan fingerprint density at radius 3 is 2.35 bits per heavy atom. The van der Waals surface area contributed by atoms with Crippen molar-refractivity contribution >= 4 is 23.4 Å². The number of aryl methyl sites for hydroxylation is 1. The molecule has 1 aliphatic heterocycles. The molecule has 2 aromatic carbocycles. The van der Waals surface area contributed by atoms with Crippen LogP contribution in [0.25, 0.3) is 0 Å². The number of rotatable bonds is 4. The standard InChI is InChI=1S/C20H23ClO4S/c1-11-3-6-13(10-14(11)9-12-4-7-15(21)8-5-12)19-17(23)16(22)18(24)20(25-19)26-2/h3-8,10,16-20,22-24H,9H2,1-2H3/t16-,17-,18+,19+,20-/m1/s1. The molecule has 0 radical (unpaired) electrons. The van der Waals surface area contributed by atoms with Crippen molar-refractivity contribution in [1.29, 1.82) is 0 Å². The molecular weight excluding hydrogens is 372 g/mol. The number of aliphatic hydroxyl groups excluding tert-OH is 3. The highest BCUT2D eigenvalue weighted by atomic mass is 35.5. The fourth-order valence-electron chi connectivity index (χ4n) is 3.20. The van der Waals surface area contributed by atoms with E-state index < -0.39 is 29.9 Å². The van der Waals surface area contributed by atoms with Crippen molar-refractivity contribution in [3.8, 4) is 0 Å². The van der Waals surface area contributed by atoms with E-state index in [1.54, 1.807) is 6.26 Å². The summed E-state index contributed by atoms with van der Waals surface area (Å²) in [5.41, 5.74) is 3.59. The van der Waals surface area contributed by atoms with Gasteiger partial charge < -0.3 is 20.1 Å². The van der Waals surface area contributed by atoms with E-state index in [9.17, 15) is 15.3 Å². The van der Waals surface area contributed by atoms with Gasteiger partial charge in [0.2, 0.25) is 0 Å². The molecule has 1 saturated heterocycles. The Hall–Kier alpha value is -1.08. The van der Waals surface area contributed by atoms with Crippen LogP contribution in [-0.2, 0) is 11.2 Å². The lowest BCUT2D eigenvalue weighted by Crippen LogP contribution is -2.52. The molecule has 6 heteroatoms. The number of thioether (sulfide) groups is 1. The maximum Gasteiger partial charge on any atom is 0.132 e. The van der Waals surface area contributed by atoms with E-state index in [1.807, 2.05) is 49.4 Å². The summed E-state index contributed by atoms with van der Waals surface area (Å²) in [4.78, 5) is 0. The zero-order valence-corrected chi connectivity index (χ0v) is 16.2. The molecule has 26 heavy (non-hydrogen) atoms. The van der Waals surface area contributed by atoms with Crippen LogP contribution in [0.5, 0.6) is 0 Å². The van der Waals surface area contributed by atoms with Gasteiger partial charge in [-0.05, 0) is 54.0 Å². The Balaban J connectivity index is 1.87. The average molecular weight is 395 g/mol. The third-order valence-corrected chi connectivity index (χ3v) is 5.92. The average Bonchev–Trinajstić information content (AvgIpc) is 2.64. The van der Waals surface area contributed by atoms with Gasteiger partial charge in [0.05, 0.1) is 0 Å². The first-order valence-corrected chi connectivity index (χ1v) is 10.1. The SMILES string of the molecule is CS[C@H]1O[C@@H](c2ccc(C)c(Cc3ccc(Cl)cc3)c2)[C@H](O)[C@@H](O)[C@@H]1O. The van der Waals surface area contributed by atoms with Crippen LogP contribution in [0.2, 0.25) is 5.02 Å². The van der Waals surface area contributed by atoms with Crippen molar-refractivity contribution < 1.29 is 20.1 Å². The molecule has 3 rings (SSSR count). The largest absolute Gasteiger partial charge is 0.387 e. The number of benzene rings is 2. The lowest BCUT2D eigenvalue weighted by molar-refractivity contribution is -0.200. The maximum atomic E-state index is 10.4. The number of aliphatic hydroxyl groups is 3. The smallest absolute Gasteiger partial charge is 0.132 e. The van der Waals surface area contributed by atoms with Crippen molar-refractivity contribution in [2.75, 3.05) is 6.26 Å². The Kier molecular flexibility index (Phi) is 6.28. The Morgan fingerprint density at radius 1 is 1.00 bits per heavy atom. The van der Waals surface area contributed by atoms with Gasteiger partial charge in [0.1, 0.15) is 29.9 Å². The quantitative estimate of drug-likeness (QED) is 0.743. The molecule has 3 N–H and O–H groups in total. The van der Waals surface area contributed by atoms with E-state index in [0.29, 0.717) is 5.02 Å². The van der Waals surface area contributed by atoms with Crippen LogP contribution in [0.4, 0.5) is 0 Å². The number of halogens is 1. The van der Waals surface area contributed by atoms with E-state index in [1.165, 1.54) is 11.8 Å². The molecule has 5 atom stereocenters. The Bertz CT molecular complexity index is 750. The van der Waals surface area contributed by atoms with Crippen molar-refractivity contribution in [2.45, 2.75) is 43.2 Å². The minimum atomic E-state index is -1.24. The van der Waals surface area contributed by atoms with Gasteiger partial charge in [0, 0.05) is 5.02 Å².